The van der Waals surface area contributed by atoms with E-state index in [2.05, 4.69) is 32.4 Å². The first kappa shape index (κ1) is 19.5. The predicted molar refractivity (Wildman–Crippen MR) is 108 cm³/mol. The molecule has 0 fully saturated rings. The average Bonchev–Trinajstić information content (AvgIpc) is 3.38. The number of aryl methyl sites for hydroxylation is 1. The molecule has 0 atom stereocenters. The lowest BCUT2D eigenvalue weighted by atomic mass is 10.2. The number of aromatic nitrogens is 3. The van der Waals surface area contributed by atoms with E-state index >= 15 is 0 Å². The Morgan fingerprint density at radius 1 is 1.29 bits per heavy atom. The minimum Gasteiger partial charge on any atom is -0.492 e. The third kappa shape index (κ3) is 5.35. The van der Waals surface area contributed by atoms with Crippen LogP contribution in [0.2, 0.25) is 0 Å². The van der Waals surface area contributed by atoms with E-state index in [0.29, 0.717) is 31.2 Å². The molecule has 8 nitrogen and oxygen atoms in total. The molecule has 0 aliphatic heterocycles. The fourth-order valence-corrected chi connectivity index (χ4v) is 2.64. The van der Waals surface area contributed by atoms with E-state index < -0.39 is 0 Å². The number of nitrogens with zero attached hydrogens (tertiary/aromatic N) is 4. The fourth-order valence-electron chi connectivity index (χ4n) is 2.64. The summed E-state index contributed by atoms with van der Waals surface area (Å²) in [6.45, 7) is 4.04. The largest absolute Gasteiger partial charge is 0.492 e. The number of nitrogens with one attached hydrogen (secondary N) is 2. The van der Waals surface area contributed by atoms with Crippen LogP contribution in [0.4, 0.5) is 0 Å². The zero-order valence-corrected chi connectivity index (χ0v) is 16.5. The van der Waals surface area contributed by atoms with Gasteiger partial charge in [0.2, 0.25) is 5.82 Å². The Morgan fingerprint density at radius 2 is 2.11 bits per heavy atom. The highest BCUT2D eigenvalue weighted by molar-refractivity contribution is 5.79. The summed E-state index contributed by atoms with van der Waals surface area (Å²) in [5.74, 6) is 3.69. The number of rotatable bonds is 8. The maximum Gasteiger partial charge on any atom is 0.216 e. The highest BCUT2D eigenvalue weighted by atomic mass is 16.5. The molecular weight excluding hydrogens is 356 g/mol. The molecule has 2 heterocycles. The third-order valence-electron chi connectivity index (χ3n) is 4.21. The first-order chi connectivity index (χ1) is 13.7. The fraction of sp³-hybridized carbons (Fsp3) is 0.350. The molecule has 0 amide bonds. The molecule has 148 valence electrons. The highest BCUT2D eigenvalue weighted by Crippen LogP contribution is 2.14. The van der Waals surface area contributed by atoms with Crippen LogP contribution in [0.1, 0.15) is 11.4 Å². The molecule has 8 heteroatoms. The van der Waals surface area contributed by atoms with Crippen molar-refractivity contribution < 1.29 is 9.15 Å². The summed E-state index contributed by atoms with van der Waals surface area (Å²) in [5.41, 5.74) is 1.22. The molecule has 1 aromatic carbocycles. The Morgan fingerprint density at radius 3 is 2.82 bits per heavy atom. The topological polar surface area (TPSA) is 91.6 Å². The van der Waals surface area contributed by atoms with Crippen molar-refractivity contribution >= 4 is 5.96 Å². The highest BCUT2D eigenvalue weighted by Gasteiger charge is 2.09. The van der Waals surface area contributed by atoms with Gasteiger partial charge in [0.1, 0.15) is 18.2 Å². The van der Waals surface area contributed by atoms with Crippen molar-refractivity contribution in [1.82, 2.24) is 25.4 Å². The monoisotopic (exact) mass is 382 g/mol. The number of likely N-dealkylation sites (N-methyl/N-ethyl adjacent to an activating group) is 1. The molecule has 0 aliphatic rings. The van der Waals surface area contributed by atoms with Crippen molar-refractivity contribution in [2.75, 3.05) is 33.8 Å². The minimum absolute atomic E-state index is 0.565. The second kappa shape index (κ2) is 9.59. The van der Waals surface area contributed by atoms with E-state index in [4.69, 9.17) is 9.15 Å². The number of hydrogen-bond acceptors (Lipinski definition) is 5. The summed E-state index contributed by atoms with van der Waals surface area (Å²) >= 11 is 0. The number of furan rings is 1. The summed E-state index contributed by atoms with van der Waals surface area (Å²) in [4.78, 5) is 10.8. The van der Waals surface area contributed by atoms with Gasteiger partial charge in [0.15, 0.2) is 11.7 Å². The number of aliphatic imine (C=N–C) groups is 1. The van der Waals surface area contributed by atoms with Gasteiger partial charge in [-0.1, -0.05) is 17.7 Å². The van der Waals surface area contributed by atoms with Crippen molar-refractivity contribution in [1.29, 1.82) is 0 Å². The SMILES string of the molecule is CN=C(NCCc1nc(-c2ccco2)n[nH]1)N(C)CCOc1ccc(C)cc1. The van der Waals surface area contributed by atoms with Gasteiger partial charge in [0.25, 0.3) is 0 Å². The second-order valence-electron chi connectivity index (χ2n) is 6.39. The van der Waals surface area contributed by atoms with Crippen molar-refractivity contribution in [2.24, 2.45) is 4.99 Å². The van der Waals surface area contributed by atoms with Crippen molar-refractivity contribution in [3.63, 3.8) is 0 Å². The van der Waals surface area contributed by atoms with Crippen LogP contribution in [-0.2, 0) is 6.42 Å². The van der Waals surface area contributed by atoms with Gasteiger partial charge in [-0.2, -0.15) is 5.10 Å². The van der Waals surface area contributed by atoms with Crippen molar-refractivity contribution in [2.45, 2.75) is 13.3 Å². The molecule has 0 unspecified atom stereocenters. The quantitative estimate of drug-likeness (QED) is 0.459. The summed E-state index contributed by atoms with van der Waals surface area (Å²) < 4.78 is 11.1. The van der Waals surface area contributed by atoms with E-state index in [1.165, 1.54) is 5.56 Å². The zero-order chi connectivity index (χ0) is 19.8. The maximum absolute atomic E-state index is 5.78. The predicted octanol–water partition coefficient (Wildman–Crippen LogP) is 2.50. The third-order valence-corrected chi connectivity index (χ3v) is 4.21. The molecule has 28 heavy (non-hydrogen) atoms. The lowest BCUT2D eigenvalue weighted by molar-refractivity contribution is 0.281. The van der Waals surface area contributed by atoms with E-state index in [1.54, 1.807) is 13.3 Å². The van der Waals surface area contributed by atoms with Crippen molar-refractivity contribution in [3.05, 3.63) is 54.0 Å². The van der Waals surface area contributed by atoms with Gasteiger partial charge < -0.3 is 19.4 Å². The molecule has 3 rings (SSSR count). The van der Waals surface area contributed by atoms with Crippen LogP contribution in [0.5, 0.6) is 5.75 Å². The molecule has 0 bridgehead atoms. The average molecular weight is 382 g/mol. The molecule has 0 spiro atoms. The Bertz CT molecular complexity index is 871. The summed E-state index contributed by atoms with van der Waals surface area (Å²) in [6.07, 6.45) is 2.30. The molecule has 2 N–H and O–H groups in total. The van der Waals surface area contributed by atoms with Crippen LogP contribution in [0.25, 0.3) is 11.6 Å². The number of ether oxygens (including phenoxy) is 1. The number of benzene rings is 1. The van der Waals surface area contributed by atoms with Gasteiger partial charge in [-0.15, -0.1) is 0 Å². The van der Waals surface area contributed by atoms with Gasteiger partial charge in [-0.25, -0.2) is 4.98 Å². The van der Waals surface area contributed by atoms with E-state index in [0.717, 1.165) is 24.1 Å². The number of aromatic amines is 1. The maximum atomic E-state index is 5.78. The number of hydrogen-bond donors (Lipinski definition) is 2. The van der Waals surface area contributed by atoms with Crippen LogP contribution in [0.15, 0.2) is 52.1 Å². The molecule has 0 radical (unpaired) electrons. The van der Waals surface area contributed by atoms with Crippen LogP contribution in [-0.4, -0.2) is 59.8 Å². The smallest absolute Gasteiger partial charge is 0.216 e. The molecule has 2 aromatic heterocycles. The van der Waals surface area contributed by atoms with Gasteiger partial charge in [0, 0.05) is 27.1 Å². The Kier molecular flexibility index (Phi) is 6.67. The van der Waals surface area contributed by atoms with Gasteiger partial charge in [-0.05, 0) is 31.2 Å². The lowest BCUT2D eigenvalue weighted by Gasteiger charge is -2.22. The van der Waals surface area contributed by atoms with E-state index in [1.807, 2.05) is 48.3 Å². The molecule has 0 saturated heterocycles. The van der Waals surface area contributed by atoms with Crippen LogP contribution in [0.3, 0.4) is 0 Å². The summed E-state index contributed by atoms with van der Waals surface area (Å²) in [5, 5.41) is 10.4. The Balaban J connectivity index is 1.40. The molecule has 0 aliphatic carbocycles. The van der Waals surface area contributed by atoms with Crippen LogP contribution >= 0.6 is 0 Å². The summed E-state index contributed by atoms with van der Waals surface area (Å²) in [6, 6.07) is 11.7. The van der Waals surface area contributed by atoms with Gasteiger partial charge in [0.05, 0.1) is 12.8 Å². The zero-order valence-electron chi connectivity index (χ0n) is 16.5. The van der Waals surface area contributed by atoms with Gasteiger partial charge >= 0.3 is 0 Å². The normalized spacial score (nSPS) is 11.5. The number of H-pyrrole nitrogens is 1. The summed E-state index contributed by atoms with van der Waals surface area (Å²) in [7, 11) is 3.75. The Labute approximate surface area is 164 Å². The Hall–Kier alpha value is -3.29. The van der Waals surface area contributed by atoms with E-state index in [-0.39, 0.29) is 0 Å². The van der Waals surface area contributed by atoms with Crippen LogP contribution < -0.4 is 10.1 Å². The van der Waals surface area contributed by atoms with Gasteiger partial charge in [-0.3, -0.25) is 10.1 Å². The first-order valence-corrected chi connectivity index (χ1v) is 9.22. The molecular formula is C20H26N6O2. The minimum atomic E-state index is 0.565. The molecule has 3 aromatic rings. The lowest BCUT2D eigenvalue weighted by Crippen LogP contribution is -2.41. The standard InChI is InChI=1S/C20H26N6O2/c1-15-6-8-16(9-7-15)27-14-12-26(3)20(21-2)22-11-10-18-23-19(25-24-18)17-5-4-13-28-17/h4-9,13H,10-12,14H2,1-3H3,(H,21,22)(H,23,24,25). The first-order valence-electron chi connectivity index (χ1n) is 9.22. The molecule has 0 saturated carbocycles. The number of guanidine groups is 1. The van der Waals surface area contributed by atoms with E-state index in [9.17, 15) is 0 Å². The van der Waals surface area contributed by atoms with Crippen LogP contribution in [0, 0.1) is 6.92 Å². The second-order valence-corrected chi connectivity index (χ2v) is 6.39. The van der Waals surface area contributed by atoms with Crippen molar-refractivity contribution in [3.8, 4) is 17.3 Å².